The molecule has 1 aliphatic heterocycles. The van der Waals surface area contributed by atoms with Crippen LogP contribution in [0.4, 0.5) is 11.4 Å². The molecule has 0 spiro atoms. The Labute approximate surface area is 173 Å². The van der Waals surface area contributed by atoms with Crippen LogP contribution >= 0.6 is 0 Å². The van der Waals surface area contributed by atoms with Gasteiger partial charge in [0.2, 0.25) is 0 Å². The van der Waals surface area contributed by atoms with E-state index < -0.39 is 5.63 Å². The molecule has 0 bridgehead atoms. The molecule has 154 valence electrons. The van der Waals surface area contributed by atoms with Gasteiger partial charge in [0.1, 0.15) is 28.6 Å². The van der Waals surface area contributed by atoms with Crippen molar-refractivity contribution in [2.75, 3.05) is 19.5 Å². The summed E-state index contributed by atoms with van der Waals surface area (Å²) in [6.45, 7) is 1.61. The van der Waals surface area contributed by atoms with Gasteiger partial charge in [0.15, 0.2) is 0 Å². The van der Waals surface area contributed by atoms with Gasteiger partial charge in [-0.2, -0.15) is 0 Å². The highest BCUT2D eigenvalue weighted by atomic mass is 16.5. The molecule has 2 aromatic carbocycles. The number of ether oxygens (including phenoxy) is 2. The summed E-state index contributed by atoms with van der Waals surface area (Å²) in [5.41, 5.74) is 2.23. The molecule has 1 aromatic heterocycles. The number of nitrogens with zero attached hydrogens (tertiary/aromatic N) is 1. The van der Waals surface area contributed by atoms with Crippen molar-refractivity contribution in [3.8, 4) is 17.2 Å². The highest BCUT2D eigenvalue weighted by molar-refractivity contribution is 6.05. The molecule has 1 aliphatic rings. The van der Waals surface area contributed by atoms with Crippen LogP contribution in [0.3, 0.4) is 0 Å². The minimum Gasteiger partial charge on any atom is -0.507 e. The van der Waals surface area contributed by atoms with Crippen LogP contribution in [0.1, 0.15) is 29.3 Å². The molecule has 0 aliphatic carbocycles. The van der Waals surface area contributed by atoms with E-state index in [1.807, 2.05) is 42.5 Å². The molecule has 2 N–H and O–H groups in total. The maximum absolute atomic E-state index is 12.6. The smallest absolute Gasteiger partial charge is 0.348 e. The lowest BCUT2D eigenvalue weighted by molar-refractivity contribution is 0.389. The number of para-hydroxylation sites is 2. The van der Waals surface area contributed by atoms with Gasteiger partial charge in [-0.1, -0.05) is 12.1 Å². The van der Waals surface area contributed by atoms with E-state index in [1.54, 1.807) is 21.1 Å². The molecule has 0 amide bonds. The lowest BCUT2D eigenvalue weighted by Crippen LogP contribution is -2.20. The van der Waals surface area contributed by atoms with Crippen LogP contribution in [0.25, 0.3) is 0 Å². The predicted molar refractivity (Wildman–Crippen MR) is 115 cm³/mol. The number of hydrogen-bond donors (Lipinski definition) is 2. The third-order valence-corrected chi connectivity index (χ3v) is 5.05. The summed E-state index contributed by atoms with van der Waals surface area (Å²) in [5, 5.41) is 14.0. The monoisotopic (exact) mass is 406 g/mol. The number of aryl methyl sites for hydroxylation is 1. The first-order valence-corrected chi connectivity index (χ1v) is 9.49. The van der Waals surface area contributed by atoms with Gasteiger partial charge in [-0.25, -0.2) is 4.79 Å². The summed E-state index contributed by atoms with van der Waals surface area (Å²) < 4.78 is 16.1. The molecule has 0 saturated heterocycles. The number of aliphatic imine (C=N–C) groups is 1. The van der Waals surface area contributed by atoms with E-state index in [2.05, 4.69) is 5.32 Å². The van der Waals surface area contributed by atoms with Crippen LogP contribution in [0.15, 0.2) is 62.7 Å². The second-order valence-corrected chi connectivity index (χ2v) is 6.99. The number of methoxy groups -OCH3 is 2. The largest absolute Gasteiger partial charge is 0.507 e. The van der Waals surface area contributed by atoms with Crippen LogP contribution in [-0.4, -0.2) is 25.0 Å². The lowest BCUT2D eigenvalue weighted by Gasteiger charge is -2.22. The molecular formula is C23H22N2O5. The maximum Gasteiger partial charge on any atom is 0.348 e. The van der Waals surface area contributed by atoms with Crippen LogP contribution < -0.4 is 20.4 Å². The maximum atomic E-state index is 12.6. The van der Waals surface area contributed by atoms with Crippen molar-refractivity contribution in [1.29, 1.82) is 0 Å². The van der Waals surface area contributed by atoms with E-state index >= 15 is 0 Å². The average Bonchev–Trinajstić information content (AvgIpc) is 2.92. The van der Waals surface area contributed by atoms with Crippen molar-refractivity contribution in [3.05, 3.63) is 75.8 Å². The minimum absolute atomic E-state index is 0.0663. The fourth-order valence-corrected chi connectivity index (χ4v) is 3.63. The van der Waals surface area contributed by atoms with Crippen molar-refractivity contribution < 1.29 is 19.0 Å². The number of fused-ring (bicyclic) bond motifs is 1. The molecule has 3 aromatic rings. The first-order valence-electron chi connectivity index (χ1n) is 9.49. The molecule has 1 unspecified atom stereocenters. The van der Waals surface area contributed by atoms with Crippen molar-refractivity contribution in [3.63, 3.8) is 0 Å². The average molecular weight is 406 g/mol. The summed E-state index contributed by atoms with van der Waals surface area (Å²) in [5.74, 6) is 1.51. The number of anilines is 1. The van der Waals surface area contributed by atoms with Gasteiger partial charge in [0.25, 0.3) is 0 Å². The third-order valence-electron chi connectivity index (χ3n) is 5.05. The lowest BCUT2D eigenvalue weighted by atomic mass is 9.96. The van der Waals surface area contributed by atoms with Crippen LogP contribution in [-0.2, 0) is 0 Å². The molecule has 1 atom stereocenters. The van der Waals surface area contributed by atoms with Gasteiger partial charge < -0.3 is 24.3 Å². The molecule has 4 rings (SSSR count). The van der Waals surface area contributed by atoms with E-state index in [0.717, 1.165) is 11.3 Å². The first-order chi connectivity index (χ1) is 14.5. The Morgan fingerprint density at radius 1 is 1.13 bits per heavy atom. The van der Waals surface area contributed by atoms with E-state index in [1.165, 1.54) is 6.07 Å². The highest BCUT2D eigenvalue weighted by Crippen LogP contribution is 2.39. The third kappa shape index (κ3) is 3.61. The van der Waals surface area contributed by atoms with Gasteiger partial charge in [-0.3, -0.25) is 4.99 Å². The zero-order valence-electron chi connectivity index (χ0n) is 16.9. The number of nitrogens with one attached hydrogen (secondary N) is 1. The fraction of sp³-hybridized carbons (Fsp3) is 0.217. The zero-order valence-corrected chi connectivity index (χ0v) is 16.9. The Morgan fingerprint density at radius 3 is 2.67 bits per heavy atom. The van der Waals surface area contributed by atoms with Gasteiger partial charge in [-0.15, -0.1) is 0 Å². The Bertz CT molecular complexity index is 1180. The van der Waals surface area contributed by atoms with Crippen molar-refractivity contribution >= 4 is 17.1 Å². The van der Waals surface area contributed by atoms with Crippen molar-refractivity contribution in [1.82, 2.24) is 0 Å². The molecule has 7 heteroatoms. The van der Waals surface area contributed by atoms with Gasteiger partial charge in [0, 0.05) is 24.1 Å². The zero-order chi connectivity index (χ0) is 21.3. The highest BCUT2D eigenvalue weighted by Gasteiger charge is 2.27. The quantitative estimate of drug-likeness (QED) is 0.669. The summed E-state index contributed by atoms with van der Waals surface area (Å²) >= 11 is 0. The van der Waals surface area contributed by atoms with E-state index in [0.29, 0.717) is 35.1 Å². The second-order valence-electron chi connectivity index (χ2n) is 6.99. The predicted octanol–water partition coefficient (Wildman–Crippen LogP) is 4.35. The van der Waals surface area contributed by atoms with E-state index in [-0.39, 0.29) is 17.4 Å². The Hall–Kier alpha value is -3.74. The van der Waals surface area contributed by atoms with E-state index in [4.69, 9.17) is 18.9 Å². The van der Waals surface area contributed by atoms with Crippen molar-refractivity contribution in [2.24, 2.45) is 4.99 Å². The first kappa shape index (κ1) is 19.6. The summed E-state index contributed by atoms with van der Waals surface area (Å²) in [6.07, 6.45) is 0.332. The Kier molecular flexibility index (Phi) is 5.18. The molecular weight excluding hydrogens is 384 g/mol. The molecule has 2 heterocycles. The van der Waals surface area contributed by atoms with Gasteiger partial charge >= 0.3 is 5.63 Å². The Morgan fingerprint density at radius 2 is 1.93 bits per heavy atom. The number of rotatable bonds is 4. The van der Waals surface area contributed by atoms with Crippen molar-refractivity contribution in [2.45, 2.75) is 19.4 Å². The van der Waals surface area contributed by atoms with Gasteiger partial charge in [0.05, 0.1) is 37.3 Å². The molecule has 7 nitrogen and oxygen atoms in total. The SMILES string of the molecule is COc1ccc(C2CC(c3c(O)cc(C)oc3=O)=Nc3ccccc3N2)c(OC)c1. The van der Waals surface area contributed by atoms with Gasteiger partial charge in [-0.05, 0) is 31.2 Å². The van der Waals surface area contributed by atoms with Crippen LogP contribution in [0.2, 0.25) is 0 Å². The minimum atomic E-state index is -0.619. The number of benzene rings is 2. The van der Waals surface area contributed by atoms with E-state index in [9.17, 15) is 9.90 Å². The van der Waals surface area contributed by atoms with Crippen LogP contribution in [0.5, 0.6) is 17.2 Å². The molecule has 0 radical (unpaired) electrons. The summed E-state index contributed by atoms with van der Waals surface area (Å²) in [6, 6.07) is 14.3. The molecule has 30 heavy (non-hydrogen) atoms. The summed E-state index contributed by atoms with van der Waals surface area (Å²) in [4.78, 5) is 17.3. The van der Waals surface area contributed by atoms with Crippen LogP contribution in [0, 0.1) is 6.92 Å². The fourth-order valence-electron chi connectivity index (χ4n) is 3.63. The second kappa shape index (κ2) is 7.94. The number of hydrogen-bond acceptors (Lipinski definition) is 7. The standard InChI is InChI=1S/C23H22N2O5/c1-13-10-20(26)22(23(27)30-13)19-12-18(24-16-6-4-5-7-17(16)25-19)15-9-8-14(28-2)11-21(15)29-3/h4-11,18,24,26H,12H2,1-3H3. The Balaban J connectivity index is 1.87. The normalized spacial score (nSPS) is 15.4. The molecule has 0 saturated carbocycles. The summed E-state index contributed by atoms with van der Waals surface area (Å²) in [7, 11) is 3.19. The number of aromatic hydroxyl groups is 1. The topological polar surface area (TPSA) is 93.3 Å². The molecule has 0 fully saturated rings.